The van der Waals surface area contributed by atoms with Crippen LogP contribution >= 0.6 is 0 Å². The minimum atomic E-state index is -0.287. The molecule has 1 saturated heterocycles. The van der Waals surface area contributed by atoms with E-state index in [9.17, 15) is 9.18 Å². The Hall–Kier alpha value is -2.99. The Balaban J connectivity index is 1.70. The molecule has 0 bridgehead atoms. The number of hydrogen-bond acceptors (Lipinski definition) is 3. The third-order valence-electron chi connectivity index (χ3n) is 5.46. The van der Waals surface area contributed by atoms with E-state index in [4.69, 9.17) is 10.8 Å². The lowest BCUT2D eigenvalue weighted by atomic mass is 9.97. The summed E-state index contributed by atoms with van der Waals surface area (Å²) >= 11 is 0. The molecular formula is C23H25FN4O. The quantitative estimate of drug-likeness (QED) is 0.720. The van der Waals surface area contributed by atoms with Gasteiger partial charge in [0.15, 0.2) is 0 Å². The molecule has 1 atom stereocenters. The van der Waals surface area contributed by atoms with Crippen molar-refractivity contribution >= 4 is 5.91 Å². The molecule has 0 spiro atoms. The summed E-state index contributed by atoms with van der Waals surface area (Å²) in [7, 11) is 0. The number of halogens is 1. The maximum Gasteiger partial charge on any atom is 0.221 e. The summed E-state index contributed by atoms with van der Waals surface area (Å²) in [6, 6.07) is 14.6. The van der Waals surface area contributed by atoms with Gasteiger partial charge in [0, 0.05) is 30.4 Å². The Morgan fingerprint density at radius 3 is 2.83 bits per heavy atom. The number of amides is 1. The van der Waals surface area contributed by atoms with E-state index in [2.05, 4.69) is 11.0 Å². The smallest absolute Gasteiger partial charge is 0.221 e. The van der Waals surface area contributed by atoms with Crippen LogP contribution < -0.4 is 5.73 Å². The topological polar surface area (TPSA) is 64.2 Å². The number of carbonyl (C=O) groups is 1. The van der Waals surface area contributed by atoms with E-state index in [1.54, 1.807) is 6.07 Å². The van der Waals surface area contributed by atoms with Crippen molar-refractivity contribution in [3.8, 4) is 16.9 Å². The summed E-state index contributed by atoms with van der Waals surface area (Å²) in [4.78, 5) is 13.9. The number of primary amides is 1. The van der Waals surface area contributed by atoms with Gasteiger partial charge in [-0.1, -0.05) is 24.3 Å². The van der Waals surface area contributed by atoms with Crippen LogP contribution in [0.1, 0.15) is 24.0 Å². The molecule has 6 heteroatoms. The normalized spacial score (nSPS) is 17.4. The van der Waals surface area contributed by atoms with E-state index in [1.165, 1.54) is 12.1 Å². The predicted octanol–water partition coefficient (Wildman–Crippen LogP) is 3.68. The Labute approximate surface area is 169 Å². The van der Waals surface area contributed by atoms with Crippen molar-refractivity contribution in [3.63, 3.8) is 0 Å². The van der Waals surface area contributed by atoms with Gasteiger partial charge >= 0.3 is 0 Å². The van der Waals surface area contributed by atoms with Gasteiger partial charge in [0.2, 0.25) is 5.91 Å². The summed E-state index contributed by atoms with van der Waals surface area (Å²) in [5.74, 6) is -0.644. The van der Waals surface area contributed by atoms with Gasteiger partial charge in [-0.05, 0) is 56.1 Å². The van der Waals surface area contributed by atoms with E-state index in [0.29, 0.717) is 13.1 Å². The number of carbonyl (C=O) groups excluding carboxylic acids is 1. The van der Waals surface area contributed by atoms with Gasteiger partial charge in [-0.25, -0.2) is 9.07 Å². The minimum absolute atomic E-state index is 0.117. The van der Waals surface area contributed by atoms with E-state index in [-0.39, 0.29) is 17.6 Å². The highest BCUT2D eigenvalue weighted by Crippen LogP contribution is 2.27. The Kier molecular flexibility index (Phi) is 5.45. The van der Waals surface area contributed by atoms with E-state index >= 15 is 0 Å². The first-order chi connectivity index (χ1) is 14.0. The number of nitrogens with two attached hydrogens (primary N) is 1. The highest BCUT2D eigenvalue weighted by Gasteiger charge is 2.25. The molecule has 2 aromatic carbocycles. The fourth-order valence-electron chi connectivity index (χ4n) is 3.98. The second-order valence-corrected chi connectivity index (χ2v) is 7.77. The number of aryl methyl sites for hydroxylation is 1. The largest absolute Gasteiger partial charge is 0.369 e. The molecular weight excluding hydrogens is 367 g/mol. The molecule has 29 heavy (non-hydrogen) atoms. The number of piperidine rings is 1. The van der Waals surface area contributed by atoms with Gasteiger partial charge < -0.3 is 5.73 Å². The molecule has 1 amide bonds. The van der Waals surface area contributed by atoms with E-state index < -0.39 is 0 Å². The molecule has 1 aliphatic rings. The van der Waals surface area contributed by atoms with Crippen molar-refractivity contribution in [1.82, 2.24) is 14.7 Å². The first-order valence-electron chi connectivity index (χ1n) is 9.93. The summed E-state index contributed by atoms with van der Waals surface area (Å²) in [6.45, 7) is 4.23. The zero-order valence-electron chi connectivity index (χ0n) is 16.5. The van der Waals surface area contributed by atoms with Crippen molar-refractivity contribution in [2.24, 2.45) is 11.7 Å². The minimum Gasteiger partial charge on any atom is -0.369 e. The van der Waals surface area contributed by atoms with Crippen LogP contribution in [0.15, 0.2) is 54.7 Å². The molecule has 1 aliphatic heterocycles. The van der Waals surface area contributed by atoms with Crippen molar-refractivity contribution in [3.05, 3.63) is 71.7 Å². The van der Waals surface area contributed by atoms with Gasteiger partial charge in [0.05, 0.1) is 17.3 Å². The summed E-state index contributed by atoms with van der Waals surface area (Å²) < 4.78 is 15.7. The molecule has 0 radical (unpaired) electrons. The first kappa shape index (κ1) is 19.3. The highest BCUT2D eigenvalue weighted by molar-refractivity contribution is 5.77. The van der Waals surface area contributed by atoms with Gasteiger partial charge in [-0.2, -0.15) is 5.10 Å². The lowest BCUT2D eigenvalue weighted by Gasteiger charge is -2.30. The van der Waals surface area contributed by atoms with Crippen LogP contribution in [0.4, 0.5) is 4.39 Å². The van der Waals surface area contributed by atoms with Crippen molar-refractivity contribution in [2.75, 3.05) is 13.1 Å². The second-order valence-electron chi connectivity index (χ2n) is 7.77. The van der Waals surface area contributed by atoms with Gasteiger partial charge in [0.25, 0.3) is 0 Å². The zero-order valence-corrected chi connectivity index (χ0v) is 16.5. The van der Waals surface area contributed by atoms with Crippen LogP contribution in [-0.2, 0) is 11.3 Å². The standard InChI is InChI=1S/C23H25FN4O/c1-16-5-2-9-21(11-16)28-15-19(14-27-10-4-7-18(13-27)23(25)29)22(26-28)17-6-3-8-20(24)12-17/h2-3,5-6,8-9,11-12,15,18H,4,7,10,13-14H2,1H3,(H2,25,29). The van der Waals surface area contributed by atoms with Crippen LogP contribution in [0.25, 0.3) is 16.9 Å². The monoisotopic (exact) mass is 392 g/mol. The maximum atomic E-state index is 13.9. The number of benzene rings is 2. The zero-order chi connectivity index (χ0) is 20.4. The predicted molar refractivity (Wildman–Crippen MR) is 111 cm³/mol. The summed E-state index contributed by atoms with van der Waals surface area (Å²) in [6.07, 6.45) is 3.78. The molecule has 2 N–H and O–H groups in total. The molecule has 0 saturated carbocycles. The highest BCUT2D eigenvalue weighted by atomic mass is 19.1. The number of likely N-dealkylation sites (tertiary alicyclic amines) is 1. The molecule has 0 aliphatic carbocycles. The van der Waals surface area contributed by atoms with Gasteiger partial charge in [-0.3, -0.25) is 9.69 Å². The fourth-order valence-corrected chi connectivity index (χ4v) is 3.98. The average Bonchev–Trinajstić information content (AvgIpc) is 3.12. The molecule has 1 fully saturated rings. The molecule has 1 unspecified atom stereocenters. The van der Waals surface area contributed by atoms with Crippen molar-refractivity contribution in [1.29, 1.82) is 0 Å². The fraction of sp³-hybridized carbons (Fsp3) is 0.304. The molecule has 150 valence electrons. The first-order valence-corrected chi connectivity index (χ1v) is 9.93. The maximum absolute atomic E-state index is 13.9. The summed E-state index contributed by atoms with van der Waals surface area (Å²) in [5, 5.41) is 4.78. The van der Waals surface area contributed by atoms with Crippen molar-refractivity contribution in [2.45, 2.75) is 26.3 Å². The third-order valence-corrected chi connectivity index (χ3v) is 5.46. The molecule has 1 aromatic heterocycles. The lowest BCUT2D eigenvalue weighted by molar-refractivity contribution is -0.123. The van der Waals surface area contributed by atoms with E-state index in [0.717, 1.165) is 47.5 Å². The van der Waals surface area contributed by atoms with Crippen LogP contribution in [0.3, 0.4) is 0 Å². The lowest BCUT2D eigenvalue weighted by Crippen LogP contribution is -2.40. The third kappa shape index (κ3) is 4.38. The molecule has 4 rings (SSSR count). The van der Waals surface area contributed by atoms with Crippen LogP contribution in [-0.4, -0.2) is 33.7 Å². The van der Waals surface area contributed by atoms with Gasteiger partial charge in [0.1, 0.15) is 5.82 Å². The molecule has 3 aromatic rings. The Bertz CT molecular complexity index is 1030. The Morgan fingerprint density at radius 1 is 1.24 bits per heavy atom. The van der Waals surface area contributed by atoms with Crippen LogP contribution in [0, 0.1) is 18.7 Å². The van der Waals surface area contributed by atoms with E-state index in [1.807, 2.05) is 42.1 Å². The van der Waals surface area contributed by atoms with Crippen LogP contribution in [0.2, 0.25) is 0 Å². The number of aromatic nitrogens is 2. The van der Waals surface area contributed by atoms with Crippen molar-refractivity contribution < 1.29 is 9.18 Å². The second kappa shape index (κ2) is 8.17. The average molecular weight is 392 g/mol. The Morgan fingerprint density at radius 2 is 2.07 bits per heavy atom. The van der Waals surface area contributed by atoms with Gasteiger partial charge in [-0.15, -0.1) is 0 Å². The molecule has 5 nitrogen and oxygen atoms in total. The SMILES string of the molecule is Cc1cccc(-n2cc(CN3CCCC(C(N)=O)C3)c(-c3cccc(F)c3)n2)c1. The molecule has 2 heterocycles. The number of hydrogen-bond donors (Lipinski definition) is 1. The number of rotatable bonds is 5. The number of nitrogens with zero attached hydrogens (tertiary/aromatic N) is 3. The van der Waals surface area contributed by atoms with Crippen LogP contribution in [0.5, 0.6) is 0 Å². The summed E-state index contributed by atoms with van der Waals surface area (Å²) in [5.41, 5.74) is 10.1.